The Bertz CT molecular complexity index is 625. The number of allylic oxidation sites excluding steroid dienone is 2. The number of methoxy groups -OCH3 is 1. The Morgan fingerprint density at radius 3 is 2.82 bits per heavy atom. The van der Waals surface area contributed by atoms with Gasteiger partial charge in [0.05, 0.1) is 12.3 Å². The molecule has 124 valence electrons. The molecule has 0 radical (unpaired) electrons. The van der Waals surface area contributed by atoms with Crippen molar-refractivity contribution >= 4 is 26.5 Å². The lowest BCUT2D eigenvalue weighted by Gasteiger charge is -2.27. The van der Waals surface area contributed by atoms with Crippen LogP contribution >= 0.6 is 11.3 Å². The summed E-state index contributed by atoms with van der Waals surface area (Å²) in [6, 6.07) is 0. The predicted molar refractivity (Wildman–Crippen MR) is 88.8 cm³/mol. The van der Waals surface area contributed by atoms with Crippen LogP contribution in [-0.4, -0.2) is 40.2 Å². The molecule has 0 aromatic carbocycles. The van der Waals surface area contributed by atoms with Crippen LogP contribution in [0.1, 0.15) is 25.0 Å². The van der Waals surface area contributed by atoms with Crippen LogP contribution in [0.2, 0.25) is 0 Å². The summed E-state index contributed by atoms with van der Waals surface area (Å²) < 4.78 is 28.5. The molecular weight excluding hydrogens is 322 g/mol. The molecular formula is C14H23N3O3S2. The van der Waals surface area contributed by atoms with Crippen LogP contribution in [0.15, 0.2) is 16.4 Å². The number of aromatic nitrogens is 1. The van der Waals surface area contributed by atoms with E-state index in [1.54, 1.807) is 14.0 Å². The summed E-state index contributed by atoms with van der Waals surface area (Å²) in [6.45, 7) is 3.79. The Labute approximate surface area is 136 Å². The van der Waals surface area contributed by atoms with E-state index in [-0.39, 0.29) is 4.21 Å². The third-order valence-corrected chi connectivity index (χ3v) is 6.47. The van der Waals surface area contributed by atoms with Crippen LogP contribution in [0.5, 0.6) is 0 Å². The minimum Gasteiger partial charge on any atom is -0.383 e. The fraction of sp³-hybridized carbons (Fsp3) is 0.643. The van der Waals surface area contributed by atoms with Gasteiger partial charge in [-0.3, -0.25) is 0 Å². The lowest BCUT2D eigenvalue weighted by molar-refractivity contribution is 0.204. The van der Waals surface area contributed by atoms with E-state index >= 15 is 0 Å². The Hall–Kier alpha value is -0.960. The molecule has 1 aliphatic carbocycles. The largest absolute Gasteiger partial charge is 0.383 e. The van der Waals surface area contributed by atoms with Crippen molar-refractivity contribution in [2.45, 2.75) is 30.4 Å². The number of anilines is 1. The van der Waals surface area contributed by atoms with Gasteiger partial charge in [-0.05, 0) is 32.1 Å². The van der Waals surface area contributed by atoms with Gasteiger partial charge < -0.3 is 9.64 Å². The molecule has 0 bridgehead atoms. The Kier molecular flexibility index (Phi) is 5.96. The zero-order valence-corrected chi connectivity index (χ0v) is 14.6. The van der Waals surface area contributed by atoms with E-state index in [1.807, 2.05) is 0 Å². The summed E-state index contributed by atoms with van der Waals surface area (Å²) in [5.41, 5.74) is 0.466. The van der Waals surface area contributed by atoms with Gasteiger partial charge in [-0.15, -0.1) is 0 Å². The molecule has 1 atom stereocenters. The smallest absolute Gasteiger partial charge is 0.249 e. The monoisotopic (exact) mass is 345 g/mol. The standard InChI is InChI=1S/C14H23N3O3S2/c1-11-13(22(15,18)19)21-14(16-11)17(8-9-20-2)10-12-6-4-3-5-7-12/h3-4,12H,5-10H2,1-2H3,(H2,15,18,19). The molecule has 1 aliphatic rings. The van der Waals surface area contributed by atoms with Gasteiger partial charge in [0.1, 0.15) is 0 Å². The average molecular weight is 345 g/mol. The molecule has 0 fully saturated rings. The molecule has 1 heterocycles. The van der Waals surface area contributed by atoms with Gasteiger partial charge in [0.25, 0.3) is 0 Å². The highest BCUT2D eigenvalue weighted by Crippen LogP contribution is 2.30. The summed E-state index contributed by atoms with van der Waals surface area (Å²) in [7, 11) is -2.06. The molecule has 0 aliphatic heterocycles. The summed E-state index contributed by atoms with van der Waals surface area (Å²) in [5, 5.41) is 5.95. The number of hydrogen-bond acceptors (Lipinski definition) is 6. The molecule has 8 heteroatoms. The van der Waals surface area contributed by atoms with Crippen molar-refractivity contribution in [3.05, 3.63) is 17.8 Å². The summed E-state index contributed by atoms with van der Waals surface area (Å²) in [5.74, 6) is 0.559. The minimum absolute atomic E-state index is 0.147. The van der Waals surface area contributed by atoms with Crippen LogP contribution < -0.4 is 10.0 Å². The predicted octanol–water partition coefficient (Wildman–Crippen LogP) is 1.91. The van der Waals surface area contributed by atoms with Crippen molar-refractivity contribution in [2.75, 3.05) is 31.7 Å². The van der Waals surface area contributed by atoms with Crippen LogP contribution in [0.25, 0.3) is 0 Å². The van der Waals surface area contributed by atoms with E-state index < -0.39 is 10.0 Å². The molecule has 0 saturated heterocycles. The second-order valence-corrected chi connectivity index (χ2v) is 8.24. The highest BCUT2D eigenvalue weighted by Gasteiger charge is 2.23. The number of aryl methyl sites for hydroxylation is 1. The highest BCUT2D eigenvalue weighted by molar-refractivity contribution is 7.91. The summed E-state index contributed by atoms with van der Waals surface area (Å²) in [6.07, 6.45) is 7.72. The second kappa shape index (κ2) is 7.54. The van der Waals surface area contributed by atoms with Crippen molar-refractivity contribution in [2.24, 2.45) is 11.1 Å². The van der Waals surface area contributed by atoms with E-state index in [9.17, 15) is 8.42 Å². The van der Waals surface area contributed by atoms with Gasteiger partial charge in [0.2, 0.25) is 10.0 Å². The Morgan fingerprint density at radius 2 is 2.27 bits per heavy atom. The first kappa shape index (κ1) is 17.4. The van der Waals surface area contributed by atoms with Crippen LogP contribution in [0.3, 0.4) is 0 Å². The fourth-order valence-corrected chi connectivity index (χ4v) is 4.55. The maximum absolute atomic E-state index is 11.6. The van der Waals surface area contributed by atoms with Crippen molar-refractivity contribution in [1.82, 2.24) is 4.98 Å². The normalized spacial score (nSPS) is 18.6. The van der Waals surface area contributed by atoms with Gasteiger partial charge in [-0.1, -0.05) is 23.5 Å². The quantitative estimate of drug-likeness (QED) is 0.763. The second-order valence-electron chi connectivity index (χ2n) is 5.50. The van der Waals surface area contributed by atoms with Gasteiger partial charge in [-0.25, -0.2) is 18.5 Å². The number of rotatable bonds is 7. The number of nitrogens with zero attached hydrogens (tertiary/aromatic N) is 2. The van der Waals surface area contributed by atoms with Crippen molar-refractivity contribution in [3.8, 4) is 0 Å². The van der Waals surface area contributed by atoms with E-state index in [0.29, 0.717) is 29.9 Å². The summed E-state index contributed by atoms with van der Waals surface area (Å²) in [4.78, 5) is 6.52. The first-order chi connectivity index (χ1) is 10.4. The first-order valence-electron chi connectivity index (χ1n) is 7.31. The average Bonchev–Trinajstić information content (AvgIpc) is 2.86. The molecule has 2 rings (SSSR count). The van der Waals surface area contributed by atoms with E-state index in [1.165, 1.54) is 0 Å². The maximum Gasteiger partial charge on any atom is 0.249 e. The van der Waals surface area contributed by atoms with Crippen molar-refractivity contribution in [3.63, 3.8) is 0 Å². The molecule has 0 spiro atoms. The van der Waals surface area contributed by atoms with Crippen LogP contribution in [0, 0.1) is 12.8 Å². The van der Waals surface area contributed by atoms with Crippen molar-refractivity contribution in [1.29, 1.82) is 0 Å². The molecule has 0 amide bonds. The molecule has 1 aromatic rings. The fourth-order valence-electron chi connectivity index (χ4n) is 2.57. The molecule has 22 heavy (non-hydrogen) atoms. The topological polar surface area (TPSA) is 85.5 Å². The highest BCUT2D eigenvalue weighted by atomic mass is 32.2. The minimum atomic E-state index is -3.71. The molecule has 2 N–H and O–H groups in total. The van der Waals surface area contributed by atoms with Gasteiger partial charge in [0.15, 0.2) is 9.34 Å². The Morgan fingerprint density at radius 1 is 1.50 bits per heavy atom. The van der Waals surface area contributed by atoms with Gasteiger partial charge in [0, 0.05) is 20.2 Å². The van der Waals surface area contributed by atoms with E-state index in [0.717, 1.165) is 37.1 Å². The zero-order valence-electron chi connectivity index (χ0n) is 13.0. The third-order valence-electron chi connectivity index (χ3n) is 3.69. The molecule has 1 aromatic heterocycles. The van der Waals surface area contributed by atoms with Crippen LogP contribution in [0.4, 0.5) is 5.13 Å². The summed E-state index contributed by atoms with van der Waals surface area (Å²) >= 11 is 1.14. The van der Waals surface area contributed by atoms with Gasteiger partial charge in [-0.2, -0.15) is 0 Å². The SMILES string of the molecule is COCCN(CC1CC=CCC1)c1nc(C)c(S(N)(=O)=O)s1. The number of hydrogen-bond donors (Lipinski definition) is 1. The number of ether oxygens (including phenoxy) is 1. The van der Waals surface area contributed by atoms with E-state index in [2.05, 4.69) is 22.0 Å². The van der Waals surface area contributed by atoms with Crippen LogP contribution in [-0.2, 0) is 14.8 Å². The number of nitrogens with two attached hydrogens (primary N) is 1. The maximum atomic E-state index is 11.6. The molecule has 1 unspecified atom stereocenters. The van der Waals surface area contributed by atoms with Gasteiger partial charge >= 0.3 is 0 Å². The zero-order chi connectivity index (χ0) is 16.2. The van der Waals surface area contributed by atoms with Crippen molar-refractivity contribution < 1.29 is 13.2 Å². The Balaban J connectivity index is 2.19. The number of thiazole rings is 1. The molecule has 0 saturated carbocycles. The lowest BCUT2D eigenvalue weighted by Crippen LogP contribution is -2.32. The first-order valence-corrected chi connectivity index (χ1v) is 9.67. The third kappa shape index (κ3) is 4.52. The number of sulfonamides is 1. The lowest BCUT2D eigenvalue weighted by atomic mass is 9.94. The molecule has 6 nitrogen and oxygen atoms in total. The number of primary sulfonamides is 1. The van der Waals surface area contributed by atoms with E-state index in [4.69, 9.17) is 9.88 Å².